The van der Waals surface area contributed by atoms with Crippen LogP contribution in [0.1, 0.15) is 13.3 Å². The second kappa shape index (κ2) is 9.88. The van der Waals surface area contributed by atoms with Gasteiger partial charge >= 0.3 is 6.09 Å². The Hall–Kier alpha value is -2.99. The molecule has 1 amide bonds. The Kier molecular flexibility index (Phi) is 6.77. The van der Waals surface area contributed by atoms with E-state index in [-0.39, 0.29) is 6.09 Å². The maximum atomic E-state index is 11.9. The molecule has 0 N–H and O–H groups in total. The summed E-state index contributed by atoms with van der Waals surface area (Å²) in [4.78, 5) is 16.1. The van der Waals surface area contributed by atoms with Crippen molar-refractivity contribution in [3.05, 3.63) is 60.8 Å². The van der Waals surface area contributed by atoms with Gasteiger partial charge in [0.1, 0.15) is 0 Å². The molecule has 0 aliphatic carbocycles. The van der Waals surface area contributed by atoms with Crippen molar-refractivity contribution in [2.24, 2.45) is 0 Å². The number of carbonyl (C=O) groups excluding carboxylic acids is 1. The van der Waals surface area contributed by atoms with Crippen LogP contribution in [-0.2, 0) is 4.74 Å². The fraction of sp³-hybridized carbons (Fsp3) is 0.400. The van der Waals surface area contributed by atoms with Gasteiger partial charge in [0.15, 0.2) is 0 Å². The number of hydrogen-bond acceptors (Lipinski definition) is 4. The highest BCUT2D eigenvalue weighted by Crippen LogP contribution is 2.30. The molecule has 0 spiro atoms. The molecule has 1 aliphatic heterocycles. The molecule has 31 heavy (non-hydrogen) atoms. The van der Waals surface area contributed by atoms with Crippen LogP contribution in [0.15, 0.2) is 60.8 Å². The fourth-order valence-corrected chi connectivity index (χ4v) is 4.29. The third kappa shape index (κ3) is 4.85. The third-order valence-electron chi connectivity index (χ3n) is 6.00. The Labute approximate surface area is 184 Å². The van der Waals surface area contributed by atoms with Crippen LogP contribution in [0.3, 0.4) is 0 Å². The van der Waals surface area contributed by atoms with Gasteiger partial charge in [-0.1, -0.05) is 48.5 Å². The van der Waals surface area contributed by atoms with Gasteiger partial charge in [0.25, 0.3) is 0 Å². The zero-order valence-electron chi connectivity index (χ0n) is 18.5. The van der Waals surface area contributed by atoms with Crippen LogP contribution < -0.4 is 5.01 Å². The van der Waals surface area contributed by atoms with Crippen LogP contribution in [0.25, 0.3) is 22.0 Å². The van der Waals surface area contributed by atoms with Crippen molar-refractivity contribution >= 4 is 17.0 Å². The first kappa shape index (κ1) is 21.2. The van der Waals surface area contributed by atoms with Crippen LogP contribution in [0, 0.1) is 0 Å². The van der Waals surface area contributed by atoms with Crippen molar-refractivity contribution in [2.75, 3.05) is 57.9 Å². The molecule has 6 heteroatoms. The van der Waals surface area contributed by atoms with Crippen molar-refractivity contribution in [1.82, 2.24) is 14.5 Å². The highest BCUT2D eigenvalue weighted by Gasteiger charge is 2.21. The van der Waals surface area contributed by atoms with E-state index in [0.29, 0.717) is 6.61 Å². The topological polar surface area (TPSA) is 41.0 Å². The zero-order valence-corrected chi connectivity index (χ0v) is 18.5. The molecule has 0 bridgehead atoms. The minimum Gasteiger partial charge on any atom is -0.450 e. The number of para-hydroxylation sites is 1. The number of piperazine rings is 1. The first-order chi connectivity index (χ1) is 15.2. The van der Waals surface area contributed by atoms with Crippen molar-refractivity contribution in [3.8, 4) is 11.1 Å². The number of aromatic nitrogens is 1. The van der Waals surface area contributed by atoms with Crippen LogP contribution in [0.2, 0.25) is 0 Å². The maximum absolute atomic E-state index is 11.9. The zero-order chi connectivity index (χ0) is 21.6. The summed E-state index contributed by atoms with van der Waals surface area (Å²) in [5.41, 5.74) is 3.73. The highest BCUT2D eigenvalue weighted by atomic mass is 16.6. The van der Waals surface area contributed by atoms with Gasteiger partial charge < -0.3 is 14.6 Å². The lowest BCUT2D eigenvalue weighted by molar-refractivity contribution is 0.0794. The fourth-order valence-electron chi connectivity index (χ4n) is 4.29. The number of fused-ring (bicyclic) bond motifs is 1. The molecule has 6 nitrogen and oxygen atoms in total. The van der Waals surface area contributed by atoms with Gasteiger partial charge in [0.05, 0.1) is 12.1 Å². The van der Waals surface area contributed by atoms with Gasteiger partial charge in [-0.3, -0.25) is 9.58 Å². The van der Waals surface area contributed by atoms with Crippen molar-refractivity contribution in [1.29, 1.82) is 0 Å². The van der Waals surface area contributed by atoms with Crippen molar-refractivity contribution in [3.63, 3.8) is 0 Å². The molecular weight excluding hydrogens is 388 g/mol. The lowest BCUT2D eigenvalue weighted by Crippen LogP contribution is -2.49. The number of nitrogens with zero attached hydrogens (tertiary/aromatic N) is 4. The van der Waals surface area contributed by atoms with E-state index in [1.165, 1.54) is 22.0 Å². The van der Waals surface area contributed by atoms with E-state index in [9.17, 15) is 4.79 Å². The van der Waals surface area contributed by atoms with Crippen molar-refractivity contribution in [2.45, 2.75) is 13.3 Å². The van der Waals surface area contributed by atoms with E-state index in [2.05, 4.69) is 82.4 Å². The number of benzene rings is 2. The maximum Gasteiger partial charge on any atom is 0.409 e. The molecule has 0 atom stereocenters. The Morgan fingerprint density at radius 2 is 1.71 bits per heavy atom. The second-order valence-corrected chi connectivity index (χ2v) is 8.03. The number of amides is 1. The molecule has 1 aromatic heterocycles. The Morgan fingerprint density at radius 1 is 1.00 bits per heavy atom. The van der Waals surface area contributed by atoms with E-state index in [0.717, 1.165) is 45.7 Å². The molecule has 164 valence electrons. The molecule has 2 heterocycles. The average molecular weight is 421 g/mol. The molecule has 1 aliphatic rings. The SMILES string of the molecule is CCOC(=O)N1CCN(CCCN(C)n2cc(-c3ccccc3)c3ccccc32)CC1. The standard InChI is InChI=1S/C25H32N4O2/c1-3-31-25(30)28-18-16-27(17-19-28)15-9-14-26(2)29-20-23(21-10-5-4-6-11-21)22-12-7-8-13-24(22)29/h4-8,10-13,20H,3,9,14-19H2,1-2H3. The van der Waals surface area contributed by atoms with E-state index >= 15 is 0 Å². The third-order valence-corrected chi connectivity index (χ3v) is 6.00. The summed E-state index contributed by atoms with van der Waals surface area (Å²) >= 11 is 0. The highest BCUT2D eigenvalue weighted by molar-refractivity contribution is 5.96. The van der Waals surface area contributed by atoms with Gasteiger partial charge in [-0.2, -0.15) is 0 Å². The lowest BCUT2D eigenvalue weighted by atomic mass is 10.1. The summed E-state index contributed by atoms with van der Waals surface area (Å²) in [7, 11) is 2.15. The second-order valence-electron chi connectivity index (χ2n) is 8.03. The smallest absolute Gasteiger partial charge is 0.409 e. The molecule has 2 aromatic carbocycles. The van der Waals surface area contributed by atoms with Crippen LogP contribution in [-0.4, -0.2) is 73.5 Å². The van der Waals surface area contributed by atoms with E-state index in [4.69, 9.17) is 4.74 Å². The number of hydrogen-bond donors (Lipinski definition) is 0. The molecule has 1 fully saturated rings. The first-order valence-electron chi connectivity index (χ1n) is 11.2. The number of ether oxygens (including phenoxy) is 1. The minimum absolute atomic E-state index is 0.185. The molecule has 1 saturated heterocycles. The van der Waals surface area contributed by atoms with Gasteiger partial charge in [0, 0.05) is 63.5 Å². The van der Waals surface area contributed by atoms with Gasteiger partial charge in [0.2, 0.25) is 0 Å². The molecule has 0 unspecified atom stereocenters. The molecule has 0 radical (unpaired) electrons. The predicted octanol–water partition coefficient (Wildman–Crippen LogP) is 4.04. The summed E-state index contributed by atoms with van der Waals surface area (Å²) in [6.07, 6.45) is 3.14. The van der Waals surface area contributed by atoms with E-state index in [1.54, 1.807) is 0 Å². The molecule has 0 saturated carbocycles. The number of rotatable bonds is 7. The van der Waals surface area contributed by atoms with Crippen LogP contribution in [0.5, 0.6) is 0 Å². The van der Waals surface area contributed by atoms with E-state index in [1.807, 2.05) is 11.8 Å². The van der Waals surface area contributed by atoms with Crippen molar-refractivity contribution < 1.29 is 9.53 Å². The molecule has 4 rings (SSSR count). The summed E-state index contributed by atoms with van der Waals surface area (Å²) < 4.78 is 7.38. The minimum atomic E-state index is -0.185. The molecular formula is C25H32N4O2. The first-order valence-corrected chi connectivity index (χ1v) is 11.2. The Balaban J connectivity index is 1.36. The van der Waals surface area contributed by atoms with Crippen LogP contribution >= 0.6 is 0 Å². The average Bonchev–Trinajstić information content (AvgIpc) is 3.20. The molecule has 3 aromatic rings. The van der Waals surface area contributed by atoms with E-state index < -0.39 is 0 Å². The predicted molar refractivity (Wildman–Crippen MR) is 126 cm³/mol. The van der Waals surface area contributed by atoms with Gasteiger partial charge in [-0.15, -0.1) is 0 Å². The number of carbonyl (C=O) groups is 1. The summed E-state index contributed by atoms with van der Waals surface area (Å²) in [5.74, 6) is 0. The lowest BCUT2D eigenvalue weighted by Gasteiger charge is -2.34. The van der Waals surface area contributed by atoms with Crippen LogP contribution in [0.4, 0.5) is 4.79 Å². The normalized spacial score (nSPS) is 14.7. The van der Waals surface area contributed by atoms with Gasteiger partial charge in [-0.05, 0) is 25.0 Å². The largest absolute Gasteiger partial charge is 0.450 e. The Morgan fingerprint density at radius 3 is 2.45 bits per heavy atom. The summed E-state index contributed by atoms with van der Waals surface area (Å²) in [5, 5.41) is 3.57. The Bertz CT molecular complexity index is 993. The summed E-state index contributed by atoms with van der Waals surface area (Å²) in [6, 6.07) is 19.2. The monoisotopic (exact) mass is 420 g/mol. The van der Waals surface area contributed by atoms with Gasteiger partial charge in [-0.25, -0.2) is 4.79 Å². The summed E-state index contributed by atoms with van der Waals surface area (Å²) in [6.45, 7) is 7.60. The quantitative estimate of drug-likeness (QED) is 0.578.